The lowest BCUT2D eigenvalue weighted by atomic mass is 10.1. The van der Waals surface area contributed by atoms with Gasteiger partial charge in [-0.1, -0.05) is 12.1 Å². The number of nitrogens with zero attached hydrogens (tertiary/aromatic N) is 1. The highest BCUT2D eigenvalue weighted by Gasteiger charge is 2.17. The average Bonchev–Trinajstić information content (AvgIpc) is 2.42. The summed E-state index contributed by atoms with van der Waals surface area (Å²) in [5, 5.41) is 0. The summed E-state index contributed by atoms with van der Waals surface area (Å²) in [7, 11) is 2.17. The minimum absolute atomic E-state index is 0.385. The van der Waals surface area contributed by atoms with E-state index < -0.39 is 0 Å². The van der Waals surface area contributed by atoms with Gasteiger partial charge in [-0.2, -0.15) is 0 Å². The quantitative estimate of drug-likeness (QED) is 0.800. The van der Waals surface area contributed by atoms with E-state index in [1.807, 2.05) is 0 Å². The number of benzene rings is 1. The van der Waals surface area contributed by atoms with Crippen LogP contribution in [0.2, 0.25) is 0 Å². The van der Waals surface area contributed by atoms with E-state index in [2.05, 4.69) is 36.2 Å². The maximum absolute atomic E-state index is 6.10. The second-order valence-corrected chi connectivity index (χ2v) is 5.51. The molecule has 0 saturated carbocycles. The van der Waals surface area contributed by atoms with E-state index in [0.29, 0.717) is 6.10 Å². The minimum atomic E-state index is 0.385. The Labute approximate surface area is 116 Å². The molecule has 2 N–H and O–H groups in total. The summed E-state index contributed by atoms with van der Waals surface area (Å²) in [5.74, 6) is 1.03. The second kappa shape index (κ2) is 7.51. The van der Waals surface area contributed by atoms with Crippen LogP contribution in [0.1, 0.15) is 31.2 Å². The van der Waals surface area contributed by atoms with Crippen LogP contribution in [-0.4, -0.2) is 37.7 Å². The van der Waals surface area contributed by atoms with Gasteiger partial charge in [0, 0.05) is 13.1 Å². The molecule has 1 fully saturated rings. The topological polar surface area (TPSA) is 38.5 Å². The fourth-order valence-electron chi connectivity index (χ4n) is 2.54. The molecule has 0 aliphatic carbocycles. The van der Waals surface area contributed by atoms with Gasteiger partial charge in [-0.15, -0.1) is 0 Å². The molecule has 0 spiro atoms. The highest BCUT2D eigenvalue weighted by Crippen LogP contribution is 2.20. The van der Waals surface area contributed by atoms with Crippen molar-refractivity contribution in [2.24, 2.45) is 5.73 Å². The van der Waals surface area contributed by atoms with Crippen LogP contribution in [-0.2, 0) is 6.42 Å². The lowest BCUT2D eigenvalue weighted by Crippen LogP contribution is -2.35. The van der Waals surface area contributed by atoms with E-state index in [4.69, 9.17) is 10.5 Å². The number of hydrogen-bond acceptors (Lipinski definition) is 3. The van der Waals surface area contributed by atoms with Crippen LogP contribution < -0.4 is 10.5 Å². The van der Waals surface area contributed by atoms with E-state index >= 15 is 0 Å². The number of ether oxygens (including phenoxy) is 1. The molecule has 0 atom stereocenters. The Hall–Kier alpha value is -1.06. The van der Waals surface area contributed by atoms with Gasteiger partial charge in [0.15, 0.2) is 0 Å². The number of hydrogen-bond donors (Lipinski definition) is 1. The Morgan fingerprint density at radius 1 is 1.26 bits per heavy atom. The first-order valence-electron chi connectivity index (χ1n) is 7.42. The van der Waals surface area contributed by atoms with Crippen molar-refractivity contribution < 1.29 is 4.74 Å². The highest BCUT2D eigenvalue weighted by molar-refractivity contribution is 5.28. The van der Waals surface area contributed by atoms with Gasteiger partial charge in [-0.05, 0) is 63.4 Å². The van der Waals surface area contributed by atoms with Gasteiger partial charge >= 0.3 is 0 Å². The predicted octanol–water partition coefficient (Wildman–Crippen LogP) is 2.44. The summed E-state index contributed by atoms with van der Waals surface area (Å²) < 4.78 is 6.10. The Morgan fingerprint density at radius 3 is 2.79 bits per heavy atom. The SMILES string of the molecule is CN1CCC(Oc2cccc(CCCCN)c2)CC1. The monoisotopic (exact) mass is 262 g/mol. The molecule has 2 rings (SSSR count). The van der Waals surface area contributed by atoms with Crippen LogP contribution in [0.4, 0.5) is 0 Å². The Bertz CT molecular complexity index is 373. The smallest absolute Gasteiger partial charge is 0.119 e. The van der Waals surface area contributed by atoms with E-state index in [-0.39, 0.29) is 0 Å². The van der Waals surface area contributed by atoms with Crippen molar-refractivity contribution in [1.82, 2.24) is 4.90 Å². The van der Waals surface area contributed by atoms with Gasteiger partial charge in [-0.3, -0.25) is 0 Å². The molecule has 0 radical (unpaired) electrons. The number of piperidine rings is 1. The van der Waals surface area contributed by atoms with Crippen LogP contribution in [0.5, 0.6) is 5.75 Å². The third kappa shape index (κ3) is 4.84. The van der Waals surface area contributed by atoms with Crippen LogP contribution >= 0.6 is 0 Å². The van der Waals surface area contributed by atoms with Crippen molar-refractivity contribution in [3.05, 3.63) is 29.8 Å². The summed E-state index contributed by atoms with van der Waals surface area (Å²) in [6.07, 6.45) is 6.01. The second-order valence-electron chi connectivity index (χ2n) is 5.51. The van der Waals surface area contributed by atoms with Gasteiger partial charge in [0.25, 0.3) is 0 Å². The van der Waals surface area contributed by atoms with E-state index in [0.717, 1.165) is 57.5 Å². The van der Waals surface area contributed by atoms with Crippen molar-refractivity contribution in [1.29, 1.82) is 0 Å². The van der Waals surface area contributed by atoms with Crippen LogP contribution in [0, 0.1) is 0 Å². The zero-order valence-corrected chi connectivity index (χ0v) is 12.0. The van der Waals surface area contributed by atoms with Gasteiger partial charge in [0.2, 0.25) is 0 Å². The van der Waals surface area contributed by atoms with E-state index in [1.165, 1.54) is 5.56 Å². The third-order valence-electron chi connectivity index (χ3n) is 3.79. The first-order valence-corrected chi connectivity index (χ1v) is 7.42. The molecule has 0 aromatic heterocycles. The minimum Gasteiger partial charge on any atom is -0.490 e. The predicted molar refractivity (Wildman–Crippen MR) is 79.6 cm³/mol. The Balaban J connectivity index is 1.84. The summed E-state index contributed by atoms with van der Waals surface area (Å²) in [6.45, 7) is 3.06. The first-order chi connectivity index (χ1) is 9.28. The standard InChI is InChI=1S/C16H26N2O/c1-18-11-8-15(9-12-18)19-16-7-4-6-14(13-16)5-2-3-10-17/h4,6-7,13,15H,2-3,5,8-12,17H2,1H3. The molecule has 1 aliphatic heterocycles. The molecule has 3 heteroatoms. The van der Waals surface area contributed by atoms with Crippen LogP contribution in [0.3, 0.4) is 0 Å². The molecule has 1 aromatic carbocycles. The van der Waals surface area contributed by atoms with Crippen molar-refractivity contribution in [3.8, 4) is 5.75 Å². The fraction of sp³-hybridized carbons (Fsp3) is 0.625. The van der Waals surface area contributed by atoms with Crippen LogP contribution in [0.15, 0.2) is 24.3 Å². The highest BCUT2D eigenvalue weighted by atomic mass is 16.5. The van der Waals surface area contributed by atoms with Gasteiger partial charge in [0.05, 0.1) is 0 Å². The summed E-state index contributed by atoms with van der Waals surface area (Å²) in [6, 6.07) is 8.54. The van der Waals surface area contributed by atoms with Crippen molar-refractivity contribution in [2.45, 2.75) is 38.2 Å². The van der Waals surface area contributed by atoms with Gasteiger partial charge in [-0.25, -0.2) is 0 Å². The van der Waals surface area contributed by atoms with Crippen molar-refractivity contribution >= 4 is 0 Å². The molecule has 106 valence electrons. The molecule has 1 saturated heterocycles. The normalized spacial score (nSPS) is 17.6. The zero-order valence-electron chi connectivity index (χ0n) is 12.0. The molecule has 0 unspecified atom stereocenters. The summed E-state index contributed by atoms with van der Waals surface area (Å²) in [5.41, 5.74) is 6.89. The summed E-state index contributed by atoms with van der Waals surface area (Å²) >= 11 is 0. The average molecular weight is 262 g/mol. The molecule has 19 heavy (non-hydrogen) atoms. The van der Waals surface area contributed by atoms with Gasteiger partial charge < -0.3 is 15.4 Å². The van der Waals surface area contributed by atoms with Crippen molar-refractivity contribution in [2.75, 3.05) is 26.7 Å². The molecular formula is C16H26N2O. The number of rotatable bonds is 6. The Kier molecular flexibility index (Phi) is 5.67. The molecule has 1 aliphatic rings. The molecule has 1 heterocycles. The fourth-order valence-corrected chi connectivity index (χ4v) is 2.54. The zero-order chi connectivity index (χ0) is 13.5. The largest absolute Gasteiger partial charge is 0.490 e. The number of likely N-dealkylation sites (tertiary alicyclic amines) is 1. The van der Waals surface area contributed by atoms with Crippen molar-refractivity contribution in [3.63, 3.8) is 0 Å². The molecule has 0 bridgehead atoms. The first kappa shape index (κ1) is 14.4. The van der Waals surface area contributed by atoms with E-state index in [1.54, 1.807) is 0 Å². The van der Waals surface area contributed by atoms with Crippen LogP contribution in [0.25, 0.3) is 0 Å². The number of aryl methyl sites for hydroxylation is 1. The molecule has 0 amide bonds. The van der Waals surface area contributed by atoms with Gasteiger partial charge in [0.1, 0.15) is 11.9 Å². The molecule has 1 aromatic rings. The molecule has 3 nitrogen and oxygen atoms in total. The third-order valence-corrected chi connectivity index (χ3v) is 3.79. The molecular weight excluding hydrogens is 236 g/mol. The summed E-state index contributed by atoms with van der Waals surface area (Å²) in [4.78, 5) is 2.36. The lowest BCUT2D eigenvalue weighted by Gasteiger charge is -2.29. The maximum Gasteiger partial charge on any atom is 0.119 e. The number of nitrogens with two attached hydrogens (primary N) is 1. The lowest BCUT2D eigenvalue weighted by molar-refractivity contribution is 0.114. The maximum atomic E-state index is 6.10. The Morgan fingerprint density at radius 2 is 2.05 bits per heavy atom. The number of unbranched alkanes of at least 4 members (excludes halogenated alkanes) is 1. The van der Waals surface area contributed by atoms with E-state index in [9.17, 15) is 0 Å².